The number of allylic oxidation sites excluding steroid dienone is 17. The SMILES string of the molecule is CC/C=C\C/C=C\C/C=C\C/C=C\C/C=C\C/C=C\C/C=C\C/C=C\CCCCC(=O)NC(COP(=O)(O)OCC[N+](C)(C)C)C(O)/C=C/CCCCCCCCCCCCCCCCCCCCCCCCCCCC. The quantitative estimate of drug-likeness (QED) is 0.0243. The highest BCUT2D eigenvalue weighted by atomic mass is 31.2. The molecule has 0 saturated carbocycles. The first kappa shape index (κ1) is 74.2. The lowest BCUT2D eigenvalue weighted by atomic mass is 10.0. The predicted octanol–water partition coefficient (Wildman–Crippen LogP) is 19.9. The largest absolute Gasteiger partial charge is 0.472 e. The lowest BCUT2D eigenvalue weighted by molar-refractivity contribution is -0.870. The molecule has 0 radical (unpaired) electrons. The van der Waals surface area contributed by atoms with E-state index in [0.29, 0.717) is 23.9 Å². The predicted molar refractivity (Wildman–Crippen MR) is 336 cm³/mol. The molecule has 444 valence electrons. The number of aliphatic hydroxyl groups excluding tert-OH is 1. The summed E-state index contributed by atoms with van der Waals surface area (Å²) in [6.45, 7) is 4.68. The number of aliphatic hydroxyl groups is 1. The van der Waals surface area contributed by atoms with Gasteiger partial charge in [0.1, 0.15) is 13.2 Å². The third-order valence-corrected chi connectivity index (χ3v) is 14.7. The number of likely N-dealkylation sites (N-methyl/N-ethyl adjacent to an activating group) is 1. The van der Waals surface area contributed by atoms with Crippen molar-refractivity contribution in [1.29, 1.82) is 0 Å². The standard InChI is InChI=1S/C68H121N2O6P/c1-6-8-10-12-14-16-18-20-22-24-26-28-30-32-34-36-37-39-41-43-45-47-49-51-53-55-57-59-61-67(71)66(65-76-77(73,74)75-64-63-70(3,4)5)69-68(72)62-60-58-56-54-52-50-48-46-44-42-40-38-35-33-31-29-27-25-23-21-19-17-15-13-11-9-7-2/h9,11,15,17,21,23,27,29,33,35,40,42,46,48,52,54,59,61,66-67,71H,6-8,10,12-14,16,18-20,22,24-26,28,30-32,34,36-39,41,43-45,47,49-51,53,55-58,60,62-65H2,1-5H3,(H-,69,72,73,74)/p+1/b11-9-,17-15-,23-21-,29-27-,35-33-,42-40-,48-46-,54-52-,61-59+. The Bertz CT molecular complexity index is 1620. The molecule has 1 amide bonds. The molecule has 0 heterocycles. The maximum Gasteiger partial charge on any atom is 0.472 e. The van der Waals surface area contributed by atoms with E-state index in [4.69, 9.17) is 9.05 Å². The first-order chi connectivity index (χ1) is 37.5. The topological polar surface area (TPSA) is 105 Å². The third kappa shape index (κ3) is 60.6. The minimum atomic E-state index is -4.37. The Kier molecular flexibility index (Phi) is 55.7. The van der Waals surface area contributed by atoms with E-state index in [1.165, 1.54) is 154 Å². The Labute approximate surface area is 476 Å². The summed E-state index contributed by atoms with van der Waals surface area (Å²) in [7, 11) is 1.53. The van der Waals surface area contributed by atoms with Crippen molar-refractivity contribution in [3.05, 3.63) is 109 Å². The van der Waals surface area contributed by atoms with Crippen LogP contribution in [-0.2, 0) is 18.4 Å². The number of rotatable bonds is 57. The minimum absolute atomic E-state index is 0.0471. The molecule has 0 aromatic carbocycles. The van der Waals surface area contributed by atoms with Gasteiger partial charge < -0.3 is 19.8 Å². The Hall–Kier alpha value is -2.84. The van der Waals surface area contributed by atoms with Gasteiger partial charge in [-0.05, 0) is 83.5 Å². The van der Waals surface area contributed by atoms with Gasteiger partial charge in [-0.2, -0.15) is 0 Å². The van der Waals surface area contributed by atoms with Crippen molar-refractivity contribution in [3.63, 3.8) is 0 Å². The molecule has 0 aliphatic carbocycles. The van der Waals surface area contributed by atoms with Gasteiger partial charge in [-0.25, -0.2) is 4.57 Å². The van der Waals surface area contributed by atoms with E-state index in [1.807, 2.05) is 27.2 Å². The van der Waals surface area contributed by atoms with Crippen LogP contribution in [0.1, 0.15) is 264 Å². The van der Waals surface area contributed by atoms with E-state index in [9.17, 15) is 19.4 Å². The average Bonchev–Trinajstić information content (AvgIpc) is 3.39. The number of hydrogen-bond donors (Lipinski definition) is 3. The molecule has 0 aliphatic rings. The molecule has 0 saturated heterocycles. The van der Waals surface area contributed by atoms with E-state index in [-0.39, 0.29) is 19.1 Å². The smallest absolute Gasteiger partial charge is 0.387 e. The van der Waals surface area contributed by atoms with Gasteiger partial charge in [-0.3, -0.25) is 13.8 Å². The van der Waals surface area contributed by atoms with Crippen molar-refractivity contribution in [2.45, 2.75) is 276 Å². The number of nitrogens with zero attached hydrogens (tertiary/aromatic N) is 1. The summed E-state index contributed by atoms with van der Waals surface area (Å²) in [5.41, 5.74) is 0. The maximum absolute atomic E-state index is 13.0. The molecular formula is C68H122N2O6P+. The van der Waals surface area contributed by atoms with Crippen molar-refractivity contribution in [2.75, 3.05) is 40.9 Å². The summed E-state index contributed by atoms with van der Waals surface area (Å²) < 4.78 is 23.7. The number of amides is 1. The van der Waals surface area contributed by atoms with Crippen molar-refractivity contribution in [1.82, 2.24) is 5.32 Å². The van der Waals surface area contributed by atoms with Crippen LogP contribution in [0.2, 0.25) is 0 Å². The zero-order valence-electron chi connectivity index (χ0n) is 50.7. The van der Waals surface area contributed by atoms with Gasteiger partial charge in [-0.15, -0.1) is 0 Å². The second-order valence-electron chi connectivity index (χ2n) is 22.4. The molecule has 3 N–H and O–H groups in total. The first-order valence-electron chi connectivity index (χ1n) is 31.8. The Morgan fingerprint density at radius 2 is 0.779 bits per heavy atom. The Balaban J connectivity index is 4.27. The average molecular weight is 1090 g/mol. The molecule has 0 spiro atoms. The van der Waals surface area contributed by atoms with Crippen LogP contribution in [0.3, 0.4) is 0 Å². The molecule has 8 nitrogen and oxygen atoms in total. The molecule has 0 aromatic rings. The van der Waals surface area contributed by atoms with Gasteiger partial charge in [-0.1, -0.05) is 284 Å². The first-order valence-corrected chi connectivity index (χ1v) is 33.3. The van der Waals surface area contributed by atoms with Crippen LogP contribution >= 0.6 is 7.82 Å². The number of hydrogen-bond acceptors (Lipinski definition) is 5. The van der Waals surface area contributed by atoms with Gasteiger partial charge in [0, 0.05) is 6.42 Å². The van der Waals surface area contributed by atoms with Gasteiger partial charge in [0.2, 0.25) is 5.91 Å². The molecule has 9 heteroatoms. The van der Waals surface area contributed by atoms with Crippen LogP contribution in [0.25, 0.3) is 0 Å². The Morgan fingerprint density at radius 3 is 1.14 bits per heavy atom. The van der Waals surface area contributed by atoms with Gasteiger partial charge in [0.05, 0.1) is 39.9 Å². The molecular weight excluding hydrogens is 972 g/mol. The zero-order chi connectivity index (χ0) is 56.3. The van der Waals surface area contributed by atoms with E-state index < -0.39 is 20.0 Å². The summed E-state index contributed by atoms with van der Waals surface area (Å²) in [4.78, 5) is 23.3. The van der Waals surface area contributed by atoms with Crippen LogP contribution < -0.4 is 5.32 Å². The van der Waals surface area contributed by atoms with Crippen LogP contribution in [0.4, 0.5) is 0 Å². The van der Waals surface area contributed by atoms with Crippen molar-refractivity contribution in [3.8, 4) is 0 Å². The van der Waals surface area contributed by atoms with E-state index in [0.717, 1.165) is 83.5 Å². The lowest BCUT2D eigenvalue weighted by Crippen LogP contribution is -2.45. The van der Waals surface area contributed by atoms with Crippen LogP contribution in [0.15, 0.2) is 109 Å². The van der Waals surface area contributed by atoms with Crippen LogP contribution in [0.5, 0.6) is 0 Å². The van der Waals surface area contributed by atoms with Crippen molar-refractivity contribution in [2.24, 2.45) is 0 Å². The molecule has 0 aromatic heterocycles. The van der Waals surface area contributed by atoms with Crippen LogP contribution in [-0.4, -0.2) is 73.4 Å². The number of nitrogens with one attached hydrogen (secondary N) is 1. The number of quaternary nitrogens is 1. The fourth-order valence-electron chi connectivity index (χ4n) is 8.82. The van der Waals surface area contributed by atoms with E-state index in [2.05, 4.69) is 116 Å². The van der Waals surface area contributed by atoms with Crippen LogP contribution in [0, 0.1) is 0 Å². The Morgan fingerprint density at radius 1 is 0.455 bits per heavy atom. The highest BCUT2D eigenvalue weighted by molar-refractivity contribution is 7.47. The normalized spacial score (nSPS) is 14.5. The van der Waals surface area contributed by atoms with Gasteiger partial charge in [0.25, 0.3) is 0 Å². The lowest BCUT2D eigenvalue weighted by Gasteiger charge is -2.25. The molecule has 77 heavy (non-hydrogen) atoms. The summed E-state index contributed by atoms with van der Waals surface area (Å²) in [5.74, 6) is -0.221. The number of carbonyl (C=O) groups excluding carboxylic acids is 1. The van der Waals surface area contributed by atoms with Gasteiger partial charge >= 0.3 is 7.82 Å². The maximum atomic E-state index is 13.0. The molecule has 0 bridgehead atoms. The highest BCUT2D eigenvalue weighted by Gasteiger charge is 2.27. The molecule has 0 rings (SSSR count). The third-order valence-electron chi connectivity index (χ3n) is 13.7. The fourth-order valence-corrected chi connectivity index (χ4v) is 9.56. The number of carbonyl (C=O) groups is 1. The molecule has 3 unspecified atom stereocenters. The van der Waals surface area contributed by atoms with E-state index in [1.54, 1.807) is 6.08 Å². The number of phosphoric acid groups is 1. The molecule has 3 atom stereocenters. The zero-order valence-corrected chi connectivity index (χ0v) is 51.6. The summed E-state index contributed by atoms with van der Waals surface area (Å²) in [6, 6.07) is -0.880. The highest BCUT2D eigenvalue weighted by Crippen LogP contribution is 2.43. The van der Waals surface area contributed by atoms with Gasteiger partial charge in [0.15, 0.2) is 0 Å². The summed E-state index contributed by atoms with van der Waals surface area (Å²) >= 11 is 0. The number of phosphoric ester groups is 1. The van der Waals surface area contributed by atoms with Crippen molar-refractivity contribution < 1.29 is 32.9 Å². The fraction of sp³-hybridized carbons (Fsp3) is 0.721. The summed E-state index contributed by atoms with van der Waals surface area (Å²) in [6.07, 6.45) is 85.0. The van der Waals surface area contributed by atoms with Crippen molar-refractivity contribution >= 4 is 13.7 Å². The monoisotopic (exact) mass is 1090 g/mol. The van der Waals surface area contributed by atoms with E-state index >= 15 is 0 Å². The minimum Gasteiger partial charge on any atom is -0.387 e. The summed E-state index contributed by atoms with van der Waals surface area (Å²) in [5, 5.41) is 13.9. The molecule has 0 fully saturated rings. The second kappa shape index (κ2) is 57.8. The molecule has 0 aliphatic heterocycles. The number of unbranched alkanes of at least 4 members (excludes halogenated alkanes) is 28. The second-order valence-corrected chi connectivity index (χ2v) is 23.9.